The third-order valence-corrected chi connectivity index (χ3v) is 5.07. The van der Waals surface area contributed by atoms with Crippen molar-refractivity contribution in [1.29, 1.82) is 0 Å². The molecule has 0 radical (unpaired) electrons. The Labute approximate surface area is 138 Å². The summed E-state index contributed by atoms with van der Waals surface area (Å²) in [5.74, 6) is 0. The van der Waals surface area contributed by atoms with Crippen LogP contribution in [0.2, 0.25) is 0 Å². The van der Waals surface area contributed by atoms with E-state index in [1.165, 1.54) is 30.3 Å². The molecule has 8 nitrogen and oxygen atoms in total. The van der Waals surface area contributed by atoms with Crippen LogP contribution in [-0.2, 0) is 9.84 Å². The largest absolute Gasteiger partial charge is 0.394 e. The van der Waals surface area contributed by atoms with E-state index >= 15 is 0 Å². The molecule has 0 aliphatic rings. The second-order valence-corrected chi connectivity index (χ2v) is 6.89. The minimum Gasteiger partial charge on any atom is -0.394 e. The Balaban J connectivity index is 2.42. The first-order valence-electron chi connectivity index (χ1n) is 6.97. The van der Waals surface area contributed by atoms with Crippen molar-refractivity contribution in [2.45, 2.75) is 15.9 Å². The molecule has 0 aliphatic carbocycles. The number of nitrogens with one attached hydrogen (secondary N) is 1. The maximum atomic E-state index is 12.6. The number of nitro benzene ring substituents is 1. The van der Waals surface area contributed by atoms with E-state index in [9.17, 15) is 23.6 Å². The Morgan fingerprint density at radius 2 is 1.83 bits per heavy atom. The molecule has 2 aromatic rings. The van der Waals surface area contributed by atoms with Gasteiger partial charge in [0.2, 0.25) is 9.84 Å². The van der Waals surface area contributed by atoms with E-state index in [-0.39, 0.29) is 17.1 Å². The Hall–Kier alpha value is -2.49. The summed E-state index contributed by atoms with van der Waals surface area (Å²) < 4.78 is 25.2. The Kier molecular flexibility index (Phi) is 5.50. The first-order valence-corrected chi connectivity index (χ1v) is 8.46. The zero-order valence-electron chi connectivity index (χ0n) is 12.5. The fraction of sp³-hybridized carbons (Fsp3) is 0.200. The highest BCUT2D eigenvalue weighted by Crippen LogP contribution is 2.31. The van der Waals surface area contributed by atoms with Crippen LogP contribution in [0.3, 0.4) is 0 Å². The lowest BCUT2D eigenvalue weighted by atomic mass is 10.2. The number of benzene rings is 2. The molecule has 9 heteroatoms. The van der Waals surface area contributed by atoms with Crippen molar-refractivity contribution in [2.75, 3.05) is 18.5 Å². The van der Waals surface area contributed by atoms with Gasteiger partial charge >= 0.3 is 0 Å². The molecule has 0 heterocycles. The highest BCUT2D eigenvalue weighted by molar-refractivity contribution is 7.91. The Morgan fingerprint density at radius 3 is 2.42 bits per heavy atom. The number of aliphatic hydroxyl groups is 2. The molecule has 2 rings (SSSR count). The number of rotatable bonds is 7. The van der Waals surface area contributed by atoms with Crippen molar-refractivity contribution in [1.82, 2.24) is 0 Å². The van der Waals surface area contributed by atoms with E-state index in [0.717, 1.165) is 12.1 Å². The van der Waals surface area contributed by atoms with Gasteiger partial charge in [0, 0.05) is 18.3 Å². The first kappa shape index (κ1) is 17.9. The van der Waals surface area contributed by atoms with Gasteiger partial charge in [-0.2, -0.15) is 0 Å². The highest BCUT2D eigenvalue weighted by Gasteiger charge is 2.27. The smallest absolute Gasteiger partial charge is 0.290 e. The highest BCUT2D eigenvalue weighted by atomic mass is 32.2. The van der Waals surface area contributed by atoms with Gasteiger partial charge in [-0.05, 0) is 24.3 Å². The fourth-order valence-corrected chi connectivity index (χ4v) is 3.45. The number of nitrogens with zero attached hydrogens (tertiary/aromatic N) is 1. The van der Waals surface area contributed by atoms with Crippen LogP contribution >= 0.6 is 0 Å². The predicted octanol–water partition coefficient (Wildman–Crippen LogP) is 1.19. The van der Waals surface area contributed by atoms with E-state index < -0.39 is 38.1 Å². The molecule has 0 aromatic heterocycles. The molecule has 0 amide bonds. The molecule has 1 atom stereocenters. The Bertz CT molecular complexity index is 823. The maximum Gasteiger partial charge on any atom is 0.290 e. The minimum atomic E-state index is -4.03. The average Bonchev–Trinajstić information content (AvgIpc) is 2.60. The molecule has 0 fully saturated rings. The number of anilines is 1. The van der Waals surface area contributed by atoms with Crippen LogP contribution in [0.25, 0.3) is 0 Å². The van der Waals surface area contributed by atoms with Crippen LogP contribution in [0, 0.1) is 10.1 Å². The van der Waals surface area contributed by atoms with Crippen LogP contribution in [0.4, 0.5) is 11.4 Å². The van der Waals surface area contributed by atoms with Crippen molar-refractivity contribution in [3.8, 4) is 0 Å². The van der Waals surface area contributed by atoms with E-state index in [4.69, 9.17) is 5.11 Å². The molecular weight excluding hydrogens is 336 g/mol. The lowest BCUT2D eigenvalue weighted by molar-refractivity contribution is -0.387. The molecule has 0 spiro atoms. The molecule has 128 valence electrons. The number of sulfone groups is 1. The van der Waals surface area contributed by atoms with Gasteiger partial charge in [-0.3, -0.25) is 10.1 Å². The predicted molar refractivity (Wildman–Crippen MR) is 86.6 cm³/mol. The average molecular weight is 352 g/mol. The van der Waals surface area contributed by atoms with Crippen molar-refractivity contribution >= 4 is 21.2 Å². The van der Waals surface area contributed by atoms with Gasteiger partial charge in [-0.15, -0.1) is 0 Å². The van der Waals surface area contributed by atoms with Gasteiger partial charge in [-0.25, -0.2) is 8.42 Å². The van der Waals surface area contributed by atoms with E-state index in [1.54, 1.807) is 6.07 Å². The molecule has 0 saturated carbocycles. The number of aliphatic hydroxyl groups excluding tert-OH is 2. The normalized spacial score (nSPS) is 12.6. The van der Waals surface area contributed by atoms with Gasteiger partial charge in [0.1, 0.15) is 4.90 Å². The topological polar surface area (TPSA) is 130 Å². The lowest BCUT2D eigenvalue weighted by Gasteiger charge is -2.11. The summed E-state index contributed by atoms with van der Waals surface area (Å²) in [6, 6.07) is 11.0. The second kappa shape index (κ2) is 7.39. The van der Waals surface area contributed by atoms with Gasteiger partial charge in [0.25, 0.3) is 5.69 Å². The van der Waals surface area contributed by atoms with Crippen LogP contribution in [0.5, 0.6) is 0 Å². The summed E-state index contributed by atoms with van der Waals surface area (Å²) in [6.07, 6.45) is -1.03. The molecule has 0 saturated heterocycles. The van der Waals surface area contributed by atoms with Gasteiger partial charge in [-0.1, -0.05) is 18.2 Å². The summed E-state index contributed by atoms with van der Waals surface area (Å²) in [5.41, 5.74) is -0.302. The van der Waals surface area contributed by atoms with E-state index in [0.29, 0.717) is 0 Å². The zero-order chi connectivity index (χ0) is 17.7. The number of hydrogen-bond donors (Lipinski definition) is 3. The van der Waals surface area contributed by atoms with Gasteiger partial charge in [0.05, 0.1) is 22.5 Å². The second-order valence-electron chi connectivity index (χ2n) is 4.97. The number of nitro groups is 1. The third kappa shape index (κ3) is 3.88. The summed E-state index contributed by atoms with van der Waals surface area (Å²) in [5, 5.41) is 32.0. The van der Waals surface area contributed by atoms with Crippen molar-refractivity contribution in [3.05, 3.63) is 58.6 Å². The van der Waals surface area contributed by atoms with E-state index in [1.807, 2.05) is 0 Å². The molecule has 0 aliphatic heterocycles. The first-order chi connectivity index (χ1) is 11.4. The molecule has 2 aromatic carbocycles. The van der Waals surface area contributed by atoms with Crippen LogP contribution in [0.1, 0.15) is 0 Å². The molecular formula is C15H16N2O6S. The summed E-state index contributed by atoms with van der Waals surface area (Å²) in [6.45, 7) is -0.492. The monoisotopic (exact) mass is 352 g/mol. The molecule has 1 unspecified atom stereocenters. The minimum absolute atomic E-state index is 0.0293. The van der Waals surface area contributed by atoms with Crippen LogP contribution < -0.4 is 5.32 Å². The summed E-state index contributed by atoms with van der Waals surface area (Å²) in [4.78, 5) is 10.0. The SMILES string of the molecule is O=[N+]([O-])c1cc(NCC(O)CO)ccc1S(=O)(=O)c1ccccc1. The van der Waals surface area contributed by atoms with E-state index in [2.05, 4.69) is 5.32 Å². The zero-order valence-corrected chi connectivity index (χ0v) is 13.3. The molecule has 0 bridgehead atoms. The number of hydrogen-bond acceptors (Lipinski definition) is 7. The summed E-state index contributed by atoms with van der Waals surface area (Å²) >= 11 is 0. The van der Waals surface area contributed by atoms with Gasteiger partial charge in [0.15, 0.2) is 0 Å². The van der Waals surface area contributed by atoms with Crippen molar-refractivity contribution in [2.24, 2.45) is 0 Å². The van der Waals surface area contributed by atoms with Gasteiger partial charge < -0.3 is 15.5 Å². The Morgan fingerprint density at radius 1 is 1.17 bits per heavy atom. The summed E-state index contributed by atoms with van der Waals surface area (Å²) in [7, 11) is -4.03. The van der Waals surface area contributed by atoms with Crippen molar-refractivity contribution < 1.29 is 23.6 Å². The standard InChI is InChI=1S/C15H16N2O6S/c18-10-12(19)9-16-11-6-7-15(14(8-11)17(20)21)24(22,23)13-4-2-1-3-5-13/h1-8,12,16,18-19H,9-10H2. The van der Waals surface area contributed by atoms with Crippen LogP contribution in [0.15, 0.2) is 58.3 Å². The third-order valence-electron chi connectivity index (χ3n) is 3.25. The quantitative estimate of drug-likeness (QED) is 0.504. The lowest BCUT2D eigenvalue weighted by Crippen LogP contribution is -2.23. The molecule has 24 heavy (non-hydrogen) atoms. The van der Waals surface area contributed by atoms with Crippen molar-refractivity contribution in [3.63, 3.8) is 0 Å². The fourth-order valence-electron chi connectivity index (χ4n) is 2.02. The maximum absolute atomic E-state index is 12.6. The van der Waals surface area contributed by atoms with Crippen LogP contribution in [-0.4, -0.2) is 42.8 Å². The molecule has 3 N–H and O–H groups in total.